The van der Waals surface area contributed by atoms with Crippen molar-refractivity contribution >= 4 is 21.6 Å². The van der Waals surface area contributed by atoms with Crippen LogP contribution in [0.4, 0.5) is 0 Å². The van der Waals surface area contributed by atoms with Gasteiger partial charge in [-0.3, -0.25) is 0 Å². The Labute approximate surface area is 131 Å². The lowest BCUT2D eigenvalue weighted by Crippen LogP contribution is -2.47. The molecule has 1 saturated heterocycles. The molecule has 1 aliphatic rings. The van der Waals surface area contributed by atoms with E-state index in [0.29, 0.717) is 5.56 Å². The van der Waals surface area contributed by atoms with Gasteiger partial charge in [-0.1, -0.05) is 24.6 Å². The molecule has 1 unspecified atom stereocenters. The molecule has 0 saturated carbocycles. The van der Waals surface area contributed by atoms with Gasteiger partial charge >= 0.3 is 0 Å². The first kappa shape index (κ1) is 16.7. The molecule has 5 nitrogen and oxygen atoms in total. The van der Waals surface area contributed by atoms with Crippen molar-refractivity contribution in [2.45, 2.75) is 37.3 Å². The summed E-state index contributed by atoms with van der Waals surface area (Å²) in [7, 11) is -3.58. The number of hydrogen-bond donors (Lipinski definition) is 2. The molecule has 0 aliphatic carbocycles. The minimum atomic E-state index is -3.58. The van der Waals surface area contributed by atoms with Gasteiger partial charge in [0.1, 0.15) is 0 Å². The van der Waals surface area contributed by atoms with E-state index in [2.05, 4.69) is 16.5 Å². The average Bonchev–Trinajstić information content (AvgIpc) is 2.47. The molecule has 0 radical (unpaired) electrons. The van der Waals surface area contributed by atoms with Gasteiger partial charge in [0.25, 0.3) is 0 Å². The Morgan fingerprint density at radius 1 is 1.48 bits per heavy atom. The van der Waals surface area contributed by atoms with Gasteiger partial charge in [0, 0.05) is 17.6 Å². The van der Waals surface area contributed by atoms with Crippen molar-refractivity contribution in [3.63, 3.8) is 0 Å². The number of likely N-dealkylation sites (tertiary alicyclic amines) is 1. The van der Waals surface area contributed by atoms with Gasteiger partial charge in [-0.25, -0.2) is 13.1 Å². The summed E-state index contributed by atoms with van der Waals surface area (Å²) >= 11 is 5.96. The van der Waals surface area contributed by atoms with Gasteiger partial charge in [-0.2, -0.15) is 0 Å². The summed E-state index contributed by atoms with van der Waals surface area (Å²) in [6.45, 7) is 4.55. The number of nitrogens with one attached hydrogen (secondary N) is 1. The zero-order chi connectivity index (χ0) is 15.5. The lowest BCUT2D eigenvalue weighted by atomic mass is 10.1. The Morgan fingerprint density at radius 2 is 2.24 bits per heavy atom. The third kappa shape index (κ3) is 4.17. The second-order valence-electron chi connectivity index (χ2n) is 5.26. The number of piperidine rings is 1. The predicted octanol–water partition coefficient (Wildman–Crippen LogP) is 1.59. The molecule has 118 valence electrons. The first-order valence-electron chi connectivity index (χ1n) is 7.10. The number of likely N-dealkylation sites (N-methyl/N-ethyl adjacent to an activating group) is 1. The van der Waals surface area contributed by atoms with Crippen LogP contribution in [0.3, 0.4) is 0 Å². The first-order valence-corrected chi connectivity index (χ1v) is 8.96. The van der Waals surface area contributed by atoms with E-state index < -0.39 is 10.0 Å². The number of halogens is 1. The van der Waals surface area contributed by atoms with Gasteiger partial charge in [0.15, 0.2) is 0 Å². The van der Waals surface area contributed by atoms with Crippen molar-refractivity contribution in [1.29, 1.82) is 0 Å². The summed E-state index contributed by atoms with van der Waals surface area (Å²) in [5, 5.41) is 9.34. The second-order valence-corrected chi connectivity index (χ2v) is 7.39. The lowest BCUT2D eigenvalue weighted by Gasteiger charge is -2.32. The number of aliphatic hydroxyl groups is 1. The molecule has 1 aliphatic heterocycles. The minimum absolute atomic E-state index is 0.0695. The minimum Gasteiger partial charge on any atom is -0.392 e. The van der Waals surface area contributed by atoms with E-state index >= 15 is 0 Å². The number of nitrogens with zero attached hydrogens (tertiary/aromatic N) is 1. The van der Waals surface area contributed by atoms with Crippen molar-refractivity contribution in [2.24, 2.45) is 0 Å². The highest BCUT2D eigenvalue weighted by Gasteiger charge is 2.25. The maximum absolute atomic E-state index is 12.4. The fourth-order valence-corrected chi connectivity index (χ4v) is 4.14. The van der Waals surface area contributed by atoms with Gasteiger partial charge in [-0.15, -0.1) is 0 Å². The van der Waals surface area contributed by atoms with Crippen LogP contribution in [-0.2, 0) is 16.6 Å². The number of benzene rings is 1. The van der Waals surface area contributed by atoms with Crippen LogP contribution in [0.15, 0.2) is 23.1 Å². The summed E-state index contributed by atoms with van der Waals surface area (Å²) in [5.41, 5.74) is 0.519. The number of rotatable bonds is 5. The van der Waals surface area contributed by atoms with E-state index in [1.807, 2.05) is 0 Å². The van der Waals surface area contributed by atoms with Crippen LogP contribution in [0.1, 0.15) is 25.3 Å². The Hall–Kier alpha value is -0.660. The molecular formula is C14H21ClN2O3S. The molecule has 1 heterocycles. The Kier molecular flexibility index (Phi) is 5.62. The molecule has 2 rings (SSSR count). The molecule has 1 atom stereocenters. The van der Waals surface area contributed by atoms with Crippen LogP contribution in [0.25, 0.3) is 0 Å². The van der Waals surface area contributed by atoms with Gasteiger partial charge < -0.3 is 10.0 Å². The van der Waals surface area contributed by atoms with Crippen molar-refractivity contribution in [2.75, 3.05) is 19.6 Å². The Bertz CT molecular complexity index is 592. The molecular weight excluding hydrogens is 312 g/mol. The molecule has 0 bridgehead atoms. The van der Waals surface area contributed by atoms with Gasteiger partial charge in [-0.05, 0) is 43.6 Å². The first-order chi connectivity index (χ1) is 9.96. The standard InChI is InChI=1S/C14H21ClN2O3S/c1-2-17-7-3-4-12(9-17)16-21(19,20)13-6-5-11(10-18)14(15)8-13/h5-6,8,12,16,18H,2-4,7,9-10H2,1H3. The van der Waals surface area contributed by atoms with E-state index in [4.69, 9.17) is 16.7 Å². The van der Waals surface area contributed by atoms with Crippen LogP contribution in [0.2, 0.25) is 5.02 Å². The fourth-order valence-electron chi connectivity index (χ4n) is 2.55. The molecule has 0 spiro atoms. The Morgan fingerprint density at radius 3 is 2.86 bits per heavy atom. The predicted molar refractivity (Wildman–Crippen MR) is 82.8 cm³/mol. The number of sulfonamides is 1. The number of aliphatic hydroxyl groups excluding tert-OH is 1. The maximum Gasteiger partial charge on any atom is 0.240 e. The monoisotopic (exact) mass is 332 g/mol. The Balaban J connectivity index is 2.13. The van der Waals surface area contributed by atoms with E-state index in [-0.39, 0.29) is 22.6 Å². The van der Waals surface area contributed by atoms with Crippen molar-refractivity contribution in [3.05, 3.63) is 28.8 Å². The maximum atomic E-state index is 12.4. The topological polar surface area (TPSA) is 69.6 Å². The average molecular weight is 333 g/mol. The highest BCUT2D eigenvalue weighted by atomic mass is 35.5. The molecule has 0 amide bonds. The highest BCUT2D eigenvalue weighted by Crippen LogP contribution is 2.21. The fraction of sp³-hybridized carbons (Fsp3) is 0.571. The zero-order valence-electron chi connectivity index (χ0n) is 12.0. The third-order valence-electron chi connectivity index (χ3n) is 3.78. The molecule has 2 N–H and O–H groups in total. The van der Waals surface area contributed by atoms with E-state index in [1.54, 1.807) is 0 Å². The normalized spacial score (nSPS) is 20.6. The molecule has 21 heavy (non-hydrogen) atoms. The highest BCUT2D eigenvalue weighted by molar-refractivity contribution is 7.89. The second kappa shape index (κ2) is 7.07. The summed E-state index contributed by atoms with van der Waals surface area (Å²) in [4.78, 5) is 2.37. The molecule has 0 aromatic heterocycles. The van der Waals surface area contributed by atoms with Gasteiger partial charge in [0.05, 0.1) is 11.5 Å². The zero-order valence-corrected chi connectivity index (χ0v) is 13.6. The van der Waals surface area contributed by atoms with Crippen molar-refractivity contribution in [1.82, 2.24) is 9.62 Å². The van der Waals surface area contributed by atoms with Gasteiger partial charge in [0.2, 0.25) is 10.0 Å². The van der Waals surface area contributed by atoms with E-state index in [1.165, 1.54) is 18.2 Å². The summed E-state index contributed by atoms with van der Waals surface area (Å²) in [5.74, 6) is 0. The van der Waals surface area contributed by atoms with E-state index in [0.717, 1.165) is 32.5 Å². The van der Waals surface area contributed by atoms with Crippen molar-refractivity contribution < 1.29 is 13.5 Å². The largest absolute Gasteiger partial charge is 0.392 e. The van der Waals surface area contributed by atoms with Crippen LogP contribution < -0.4 is 4.72 Å². The van der Waals surface area contributed by atoms with Crippen LogP contribution >= 0.6 is 11.6 Å². The SMILES string of the molecule is CCN1CCCC(NS(=O)(=O)c2ccc(CO)c(Cl)c2)C1. The van der Waals surface area contributed by atoms with Crippen LogP contribution in [0.5, 0.6) is 0 Å². The van der Waals surface area contributed by atoms with Crippen molar-refractivity contribution in [3.8, 4) is 0 Å². The quantitative estimate of drug-likeness (QED) is 0.859. The van der Waals surface area contributed by atoms with Crippen LogP contribution in [-0.4, -0.2) is 44.1 Å². The smallest absolute Gasteiger partial charge is 0.240 e. The van der Waals surface area contributed by atoms with Crippen LogP contribution in [0, 0.1) is 0 Å². The lowest BCUT2D eigenvalue weighted by molar-refractivity contribution is 0.211. The van der Waals surface area contributed by atoms with E-state index in [9.17, 15) is 8.42 Å². The molecule has 1 aromatic rings. The molecule has 7 heteroatoms. The summed E-state index contributed by atoms with van der Waals surface area (Å²) in [6.07, 6.45) is 1.84. The molecule has 1 fully saturated rings. The molecule has 1 aromatic carbocycles. The third-order valence-corrected chi connectivity index (χ3v) is 5.65. The summed E-state index contributed by atoms with van der Waals surface area (Å²) < 4.78 is 27.5. The number of hydrogen-bond acceptors (Lipinski definition) is 4. The summed E-state index contributed by atoms with van der Waals surface area (Å²) in [6, 6.07) is 4.33.